The molecule has 7 heteroatoms. The summed E-state index contributed by atoms with van der Waals surface area (Å²) >= 11 is 1.67. The van der Waals surface area contributed by atoms with Gasteiger partial charge in [0.2, 0.25) is 0 Å². The number of fused-ring (bicyclic) bond motifs is 1. The van der Waals surface area contributed by atoms with E-state index in [0.717, 1.165) is 16.8 Å². The van der Waals surface area contributed by atoms with Gasteiger partial charge in [-0.1, -0.05) is 18.2 Å². The summed E-state index contributed by atoms with van der Waals surface area (Å²) in [7, 11) is 0. The molecule has 1 amide bonds. The van der Waals surface area contributed by atoms with Gasteiger partial charge in [-0.05, 0) is 54.3 Å². The van der Waals surface area contributed by atoms with Gasteiger partial charge in [0.25, 0.3) is 5.91 Å². The topological polar surface area (TPSA) is 72.7 Å². The summed E-state index contributed by atoms with van der Waals surface area (Å²) in [5.41, 5.74) is 4.56. The van der Waals surface area contributed by atoms with Crippen LogP contribution in [0.2, 0.25) is 0 Å². The number of rotatable bonds is 5. The summed E-state index contributed by atoms with van der Waals surface area (Å²) in [5.74, 6) is -0.196. The van der Waals surface area contributed by atoms with Gasteiger partial charge in [0.1, 0.15) is 0 Å². The molecule has 6 nitrogen and oxygen atoms in total. The fourth-order valence-corrected chi connectivity index (χ4v) is 4.17. The van der Waals surface area contributed by atoms with Crippen LogP contribution in [0.4, 0.5) is 5.69 Å². The van der Waals surface area contributed by atoms with Crippen molar-refractivity contribution < 1.29 is 4.79 Å². The number of carbonyl (C=O) groups is 1. The molecule has 0 radical (unpaired) electrons. The van der Waals surface area contributed by atoms with Crippen LogP contribution in [0.15, 0.2) is 78.6 Å². The third-order valence-corrected chi connectivity index (χ3v) is 5.83. The number of hydrogen-bond acceptors (Lipinski definition) is 5. The molecule has 5 aromatic rings. The number of nitrogens with zero attached hydrogens (tertiary/aromatic N) is 4. The molecule has 4 heterocycles. The van der Waals surface area contributed by atoms with E-state index in [-0.39, 0.29) is 5.91 Å². The lowest BCUT2D eigenvalue weighted by molar-refractivity contribution is 0.102. The Morgan fingerprint density at radius 1 is 1.10 bits per heavy atom. The average molecular weight is 426 g/mol. The van der Waals surface area contributed by atoms with E-state index in [9.17, 15) is 4.79 Å². The highest BCUT2D eigenvalue weighted by Crippen LogP contribution is 2.26. The van der Waals surface area contributed by atoms with Crippen LogP contribution in [0.25, 0.3) is 22.3 Å². The summed E-state index contributed by atoms with van der Waals surface area (Å²) < 4.78 is 1.84. The van der Waals surface area contributed by atoms with Gasteiger partial charge in [0.05, 0.1) is 29.4 Å². The third-order valence-electron chi connectivity index (χ3n) is 4.97. The standard InChI is InChI=1S/C24H19N5OS/c1-16-5-2-7-18(11-16)27-24(30)20-12-22(17-6-3-9-25-13-17)28-23-21(20)14-26-29(23)15-19-8-4-10-31-19/h2-14H,15H2,1H3,(H,27,30). The number of amides is 1. The molecule has 152 valence electrons. The van der Waals surface area contributed by atoms with Gasteiger partial charge >= 0.3 is 0 Å². The third kappa shape index (κ3) is 3.95. The molecular weight excluding hydrogens is 406 g/mol. The van der Waals surface area contributed by atoms with Crippen LogP contribution >= 0.6 is 11.3 Å². The Morgan fingerprint density at radius 3 is 2.81 bits per heavy atom. The van der Waals surface area contributed by atoms with E-state index in [2.05, 4.69) is 21.5 Å². The SMILES string of the molecule is Cc1cccc(NC(=O)c2cc(-c3cccnc3)nc3c2cnn3Cc2cccs2)c1. The molecule has 0 unspecified atom stereocenters. The summed E-state index contributed by atoms with van der Waals surface area (Å²) in [4.78, 5) is 23.5. The van der Waals surface area contributed by atoms with Gasteiger partial charge in [-0.25, -0.2) is 9.67 Å². The fraction of sp³-hybridized carbons (Fsp3) is 0.0833. The molecule has 0 atom stereocenters. The lowest BCUT2D eigenvalue weighted by Gasteiger charge is -2.10. The normalized spacial score (nSPS) is 11.0. The largest absolute Gasteiger partial charge is 0.322 e. The van der Waals surface area contributed by atoms with E-state index in [4.69, 9.17) is 4.98 Å². The Kier molecular flexibility index (Phi) is 5.01. The monoisotopic (exact) mass is 425 g/mol. The van der Waals surface area contributed by atoms with E-state index in [0.29, 0.717) is 28.8 Å². The summed E-state index contributed by atoms with van der Waals surface area (Å²) in [6.07, 6.45) is 5.18. The van der Waals surface area contributed by atoms with Crippen molar-refractivity contribution >= 4 is 34.0 Å². The number of hydrogen-bond donors (Lipinski definition) is 1. The highest BCUT2D eigenvalue weighted by Gasteiger charge is 2.18. The minimum atomic E-state index is -0.196. The molecule has 0 bridgehead atoms. The number of pyridine rings is 2. The first kappa shape index (κ1) is 19.1. The molecule has 0 fully saturated rings. The highest BCUT2D eigenvalue weighted by atomic mass is 32.1. The van der Waals surface area contributed by atoms with Crippen LogP contribution in [-0.4, -0.2) is 25.7 Å². The minimum Gasteiger partial charge on any atom is -0.322 e. The van der Waals surface area contributed by atoms with Crippen LogP contribution in [0.5, 0.6) is 0 Å². The second-order valence-corrected chi connectivity index (χ2v) is 8.27. The first-order valence-corrected chi connectivity index (χ1v) is 10.7. The molecule has 1 aromatic carbocycles. The maximum atomic E-state index is 13.3. The van der Waals surface area contributed by atoms with Gasteiger partial charge in [0.15, 0.2) is 5.65 Å². The lowest BCUT2D eigenvalue weighted by Crippen LogP contribution is -2.13. The maximum absolute atomic E-state index is 13.3. The summed E-state index contributed by atoms with van der Waals surface area (Å²) in [6, 6.07) is 17.4. The Labute approximate surface area is 183 Å². The number of thiophene rings is 1. The zero-order valence-electron chi connectivity index (χ0n) is 16.8. The number of anilines is 1. The quantitative estimate of drug-likeness (QED) is 0.422. The van der Waals surface area contributed by atoms with Crippen molar-refractivity contribution in [2.45, 2.75) is 13.5 Å². The van der Waals surface area contributed by atoms with Crippen molar-refractivity contribution in [3.63, 3.8) is 0 Å². The van der Waals surface area contributed by atoms with Crippen molar-refractivity contribution in [2.24, 2.45) is 0 Å². The molecule has 0 aliphatic rings. The van der Waals surface area contributed by atoms with E-state index >= 15 is 0 Å². The Morgan fingerprint density at radius 2 is 2.03 bits per heavy atom. The van der Waals surface area contributed by atoms with Crippen molar-refractivity contribution in [3.05, 3.63) is 94.6 Å². The van der Waals surface area contributed by atoms with E-state index in [1.807, 2.05) is 65.5 Å². The Balaban J connectivity index is 1.62. The predicted molar refractivity (Wildman–Crippen MR) is 123 cm³/mol. The Bertz CT molecular complexity index is 1360. The van der Waals surface area contributed by atoms with Gasteiger partial charge in [-0.2, -0.15) is 5.10 Å². The second-order valence-electron chi connectivity index (χ2n) is 7.24. The van der Waals surface area contributed by atoms with E-state index in [1.165, 1.54) is 4.88 Å². The molecule has 0 spiro atoms. The van der Waals surface area contributed by atoms with Crippen LogP contribution in [0.1, 0.15) is 20.8 Å². The molecule has 1 N–H and O–H groups in total. The van der Waals surface area contributed by atoms with E-state index < -0.39 is 0 Å². The smallest absolute Gasteiger partial charge is 0.256 e. The first-order valence-electron chi connectivity index (χ1n) is 9.85. The number of aromatic nitrogens is 4. The highest BCUT2D eigenvalue weighted by molar-refractivity contribution is 7.09. The van der Waals surface area contributed by atoms with Crippen LogP contribution in [-0.2, 0) is 6.54 Å². The first-order chi connectivity index (χ1) is 15.2. The number of carbonyl (C=O) groups excluding carboxylic acids is 1. The molecule has 4 aromatic heterocycles. The van der Waals surface area contributed by atoms with Crippen molar-refractivity contribution in [1.29, 1.82) is 0 Å². The predicted octanol–water partition coefficient (Wildman–Crippen LogP) is 5.16. The molecule has 0 aliphatic heterocycles. The minimum absolute atomic E-state index is 0.196. The molecule has 5 rings (SSSR count). The number of benzene rings is 1. The average Bonchev–Trinajstić information content (AvgIpc) is 3.44. The lowest BCUT2D eigenvalue weighted by atomic mass is 10.1. The summed E-state index contributed by atoms with van der Waals surface area (Å²) in [5, 5.41) is 10.3. The van der Waals surface area contributed by atoms with Crippen LogP contribution < -0.4 is 5.32 Å². The molecule has 31 heavy (non-hydrogen) atoms. The number of aryl methyl sites for hydroxylation is 1. The van der Waals surface area contributed by atoms with Crippen LogP contribution in [0.3, 0.4) is 0 Å². The molecule has 0 saturated carbocycles. The molecule has 0 saturated heterocycles. The van der Waals surface area contributed by atoms with Crippen molar-refractivity contribution in [2.75, 3.05) is 5.32 Å². The zero-order valence-corrected chi connectivity index (χ0v) is 17.6. The van der Waals surface area contributed by atoms with Crippen molar-refractivity contribution in [1.82, 2.24) is 19.7 Å². The van der Waals surface area contributed by atoms with Gasteiger partial charge < -0.3 is 5.32 Å². The van der Waals surface area contributed by atoms with Gasteiger partial charge in [-0.15, -0.1) is 11.3 Å². The fourth-order valence-electron chi connectivity index (χ4n) is 3.48. The summed E-state index contributed by atoms with van der Waals surface area (Å²) in [6.45, 7) is 2.60. The van der Waals surface area contributed by atoms with Gasteiger partial charge in [0, 0.05) is 28.5 Å². The van der Waals surface area contributed by atoms with Gasteiger partial charge in [-0.3, -0.25) is 9.78 Å². The van der Waals surface area contributed by atoms with Crippen molar-refractivity contribution in [3.8, 4) is 11.3 Å². The maximum Gasteiger partial charge on any atom is 0.256 e. The van der Waals surface area contributed by atoms with E-state index in [1.54, 1.807) is 29.9 Å². The molecular formula is C24H19N5OS. The second kappa shape index (κ2) is 8.12. The molecule has 0 aliphatic carbocycles. The Hall–Kier alpha value is -3.84. The zero-order chi connectivity index (χ0) is 21.2. The number of nitrogens with one attached hydrogen (secondary N) is 1. The van der Waals surface area contributed by atoms with Crippen LogP contribution in [0, 0.1) is 6.92 Å².